The molecule has 1 aromatic heterocycles. The number of halogens is 1. The summed E-state index contributed by atoms with van der Waals surface area (Å²) in [6.45, 7) is 4.17. The molecule has 3 heterocycles. The zero-order chi connectivity index (χ0) is 18.9. The summed E-state index contributed by atoms with van der Waals surface area (Å²) in [4.78, 5) is 13.8. The Morgan fingerprint density at radius 1 is 0.852 bits per heavy atom. The molecule has 0 radical (unpaired) electrons. The van der Waals surface area contributed by atoms with E-state index < -0.39 is 10.0 Å². The maximum Gasteiger partial charge on any atom is 0.243 e. The maximum absolute atomic E-state index is 12.8. The average molecular weight is 499 g/mol. The highest BCUT2D eigenvalue weighted by molar-refractivity contribution is 14.1. The Morgan fingerprint density at radius 2 is 1.52 bits per heavy atom. The summed E-state index contributed by atoms with van der Waals surface area (Å²) in [6, 6.07) is 8.91. The number of hydrogen-bond donors (Lipinski definition) is 0. The summed E-state index contributed by atoms with van der Waals surface area (Å²) in [5.41, 5.74) is 0. The lowest BCUT2D eigenvalue weighted by molar-refractivity contribution is 0.384. The normalized spacial score (nSPS) is 18.9. The van der Waals surface area contributed by atoms with Gasteiger partial charge in [0.1, 0.15) is 5.82 Å². The van der Waals surface area contributed by atoms with Gasteiger partial charge < -0.3 is 9.80 Å². The molecular weight excluding hydrogens is 477 g/mol. The molecule has 0 bridgehead atoms. The molecule has 0 atom stereocenters. The van der Waals surface area contributed by atoms with E-state index in [1.807, 2.05) is 18.2 Å². The molecule has 7 nitrogen and oxygen atoms in total. The highest BCUT2D eigenvalue weighted by Crippen LogP contribution is 2.23. The van der Waals surface area contributed by atoms with Crippen LogP contribution >= 0.6 is 22.6 Å². The van der Waals surface area contributed by atoms with E-state index in [0.29, 0.717) is 31.1 Å². The predicted octanol–water partition coefficient (Wildman–Crippen LogP) is 2.19. The number of benzene rings is 1. The molecule has 2 aliphatic heterocycles. The molecule has 144 valence electrons. The second-order valence-electron chi connectivity index (χ2n) is 6.75. The van der Waals surface area contributed by atoms with E-state index >= 15 is 0 Å². The average Bonchev–Trinajstić information content (AvgIpc) is 3.23. The SMILES string of the molecule is O=S(=O)(c1ccc(I)cc1)N1CCN(c2ccnc(N3CCCC3)n2)CC1. The van der Waals surface area contributed by atoms with Gasteiger partial charge in [-0.15, -0.1) is 0 Å². The first-order chi connectivity index (χ1) is 13.0. The summed E-state index contributed by atoms with van der Waals surface area (Å²) in [6.07, 6.45) is 4.16. The third kappa shape index (κ3) is 4.04. The molecule has 4 rings (SSSR count). The third-order valence-corrected chi connectivity index (χ3v) is 7.66. The van der Waals surface area contributed by atoms with Crippen molar-refractivity contribution >= 4 is 44.4 Å². The summed E-state index contributed by atoms with van der Waals surface area (Å²) < 4.78 is 28.3. The molecule has 9 heteroatoms. The van der Waals surface area contributed by atoms with E-state index in [9.17, 15) is 8.42 Å². The largest absolute Gasteiger partial charge is 0.354 e. The number of anilines is 2. The van der Waals surface area contributed by atoms with Gasteiger partial charge in [-0.2, -0.15) is 9.29 Å². The van der Waals surface area contributed by atoms with Gasteiger partial charge in [-0.25, -0.2) is 13.4 Å². The molecule has 2 saturated heterocycles. The molecule has 27 heavy (non-hydrogen) atoms. The zero-order valence-electron chi connectivity index (χ0n) is 15.0. The van der Waals surface area contributed by atoms with Crippen molar-refractivity contribution in [2.24, 2.45) is 0 Å². The van der Waals surface area contributed by atoms with Crippen LogP contribution in [0.15, 0.2) is 41.4 Å². The zero-order valence-corrected chi connectivity index (χ0v) is 17.9. The van der Waals surface area contributed by atoms with Gasteiger partial charge in [-0.3, -0.25) is 0 Å². The van der Waals surface area contributed by atoms with Crippen LogP contribution in [0.4, 0.5) is 11.8 Å². The Morgan fingerprint density at radius 3 is 2.19 bits per heavy atom. The third-order valence-electron chi connectivity index (χ3n) is 5.03. The van der Waals surface area contributed by atoms with Crippen molar-refractivity contribution in [3.05, 3.63) is 40.1 Å². The molecule has 0 N–H and O–H groups in total. The lowest BCUT2D eigenvalue weighted by Gasteiger charge is -2.34. The van der Waals surface area contributed by atoms with Crippen molar-refractivity contribution in [2.45, 2.75) is 17.7 Å². The van der Waals surface area contributed by atoms with Crippen molar-refractivity contribution in [3.63, 3.8) is 0 Å². The molecule has 2 aromatic rings. The number of nitrogens with zero attached hydrogens (tertiary/aromatic N) is 5. The minimum Gasteiger partial charge on any atom is -0.354 e. The summed E-state index contributed by atoms with van der Waals surface area (Å²) in [7, 11) is -3.44. The molecule has 0 amide bonds. The molecule has 2 fully saturated rings. The predicted molar refractivity (Wildman–Crippen MR) is 114 cm³/mol. The topological polar surface area (TPSA) is 69.6 Å². The van der Waals surface area contributed by atoms with Gasteiger partial charge >= 0.3 is 0 Å². The molecule has 2 aliphatic rings. The molecule has 1 aromatic carbocycles. The van der Waals surface area contributed by atoms with Crippen molar-refractivity contribution in [1.29, 1.82) is 0 Å². The standard InChI is InChI=1S/C18H22IN5O2S/c19-15-3-5-16(6-4-15)27(25,26)24-13-11-22(12-14-24)17-7-8-20-18(21-17)23-9-1-2-10-23/h3-8H,1-2,9-14H2. The maximum atomic E-state index is 12.8. The molecule has 0 unspecified atom stereocenters. The van der Waals surface area contributed by atoms with Crippen molar-refractivity contribution in [1.82, 2.24) is 14.3 Å². The number of rotatable bonds is 4. The van der Waals surface area contributed by atoms with E-state index in [4.69, 9.17) is 4.98 Å². The molecule has 0 saturated carbocycles. The first kappa shape index (κ1) is 18.9. The van der Waals surface area contributed by atoms with Crippen molar-refractivity contribution in [2.75, 3.05) is 49.1 Å². The van der Waals surface area contributed by atoms with Gasteiger partial charge in [-0.1, -0.05) is 0 Å². The molecular formula is C18H22IN5O2S. The highest BCUT2D eigenvalue weighted by Gasteiger charge is 2.29. The van der Waals surface area contributed by atoms with Crippen LogP contribution in [0.3, 0.4) is 0 Å². The monoisotopic (exact) mass is 499 g/mol. The van der Waals surface area contributed by atoms with E-state index in [2.05, 4.69) is 37.4 Å². The van der Waals surface area contributed by atoms with E-state index in [0.717, 1.165) is 28.4 Å². The van der Waals surface area contributed by atoms with Crippen LogP contribution in [0.1, 0.15) is 12.8 Å². The van der Waals surface area contributed by atoms with E-state index in [1.165, 1.54) is 12.8 Å². The number of sulfonamides is 1. The Balaban J connectivity index is 1.44. The lowest BCUT2D eigenvalue weighted by Crippen LogP contribution is -2.49. The van der Waals surface area contributed by atoms with Gasteiger partial charge in [-0.05, 0) is 65.8 Å². The fourth-order valence-electron chi connectivity index (χ4n) is 3.50. The van der Waals surface area contributed by atoms with E-state index in [1.54, 1.807) is 22.6 Å². The smallest absolute Gasteiger partial charge is 0.243 e. The fraction of sp³-hybridized carbons (Fsp3) is 0.444. The second kappa shape index (κ2) is 7.88. The van der Waals surface area contributed by atoms with Crippen molar-refractivity contribution < 1.29 is 8.42 Å². The van der Waals surface area contributed by atoms with E-state index in [-0.39, 0.29) is 0 Å². The lowest BCUT2D eigenvalue weighted by atomic mass is 10.3. The van der Waals surface area contributed by atoms with Gasteiger partial charge in [0.15, 0.2) is 0 Å². The van der Waals surface area contributed by atoms with Crippen LogP contribution in [-0.4, -0.2) is 62.0 Å². The van der Waals surface area contributed by atoms with Crippen LogP contribution in [-0.2, 0) is 10.0 Å². The number of hydrogen-bond acceptors (Lipinski definition) is 6. The van der Waals surface area contributed by atoms with Gasteiger partial charge in [0.25, 0.3) is 0 Å². The van der Waals surface area contributed by atoms with Crippen LogP contribution in [0.25, 0.3) is 0 Å². The molecule has 0 aliphatic carbocycles. The van der Waals surface area contributed by atoms with Crippen LogP contribution < -0.4 is 9.80 Å². The Bertz CT molecular complexity index is 892. The first-order valence-corrected chi connectivity index (χ1v) is 11.6. The highest BCUT2D eigenvalue weighted by atomic mass is 127. The number of aromatic nitrogens is 2. The Hall–Kier alpha value is -1.46. The van der Waals surface area contributed by atoms with Gasteiger partial charge in [0.2, 0.25) is 16.0 Å². The van der Waals surface area contributed by atoms with Gasteiger partial charge in [0, 0.05) is 49.0 Å². The Labute approximate surface area is 173 Å². The molecule has 0 spiro atoms. The van der Waals surface area contributed by atoms with Crippen LogP contribution in [0.2, 0.25) is 0 Å². The van der Waals surface area contributed by atoms with Gasteiger partial charge in [0.05, 0.1) is 4.90 Å². The summed E-state index contributed by atoms with van der Waals surface area (Å²) in [5, 5.41) is 0. The quantitative estimate of drug-likeness (QED) is 0.601. The second-order valence-corrected chi connectivity index (χ2v) is 9.94. The Kier molecular flexibility index (Phi) is 5.51. The first-order valence-electron chi connectivity index (χ1n) is 9.13. The van der Waals surface area contributed by atoms with Crippen LogP contribution in [0, 0.1) is 3.57 Å². The number of piperazine rings is 1. The minimum absolute atomic E-state index is 0.356. The minimum atomic E-state index is -3.44. The summed E-state index contributed by atoms with van der Waals surface area (Å²) >= 11 is 2.17. The summed E-state index contributed by atoms with van der Waals surface area (Å²) in [5.74, 6) is 1.65. The van der Waals surface area contributed by atoms with Crippen LogP contribution in [0.5, 0.6) is 0 Å². The van der Waals surface area contributed by atoms with Crippen molar-refractivity contribution in [3.8, 4) is 0 Å². The fourth-order valence-corrected chi connectivity index (χ4v) is 5.28.